The summed E-state index contributed by atoms with van der Waals surface area (Å²) in [5, 5.41) is 0. The second-order valence-corrected chi connectivity index (χ2v) is 5.29. The van der Waals surface area contributed by atoms with Gasteiger partial charge in [-0.3, -0.25) is 4.79 Å². The topological polar surface area (TPSA) is 55.0 Å². The van der Waals surface area contributed by atoms with Crippen LogP contribution in [0.15, 0.2) is 60.8 Å². The first-order valence-corrected chi connectivity index (χ1v) is 7.43. The van der Waals surface area contributed by atoms with Crippen LogP contribution >= 0.6 is 12.2 Å². The number of benzene rings is 2. The predicted octanol–water partition coefficient (Wildman–Crippen LogP) is 4.05. The maximum absolute atomic E-state index is 12.8. The molecule has 3 rings (SSSR count). The Morgan fingerprint density at radius 3 is 2.65 bits per heavy atom. The van der Waals surface area contributed by atoms with Crippen molar-refractivity contribution in [2.75, 3.05) is 7.11 Å². The van der Waals surface area contributed by atoms with Gasteiger partial charge in [0.05, 0.1) is 18.4 Å². The Morgan fingerprint density at radius 2 is 1.91 bits per heavy atom. The number of hydrogen-bond donors (Lipinski definition) is 1. The number of H-pyrrole nitrogens is 1. The summed E-state index contributed by atoms with van der Waals surface area (Å²) in [6.45, 7) is 0. The van der Waals surface area contributed by atoms with Crippen molar-refractivity contribution < 1.29 is 9.53 Å². The van der Waals surface area contributed by atoms with Crippen molar-refractivity contribution in [1.29, 1.82) is 0 Å². The first kappa shape index (κ1) is 15.1. The van der Waals surface area contributed by atoms with Crippen LogP contribution in [0.5, 0.6) is 5.75 Å². The maximum atomic E-state index is 12.8. The van der Waals surface area contributed by atoms with E-state index in [0.717, 1.165) is 5.56 Å². The van der Waals surface area contributed by atoms with Gasteiger partial charge in [0.25, 0.3) is 0 Å². The Morgan fingerprint density at radius 1 is 1.13 bits per heavy atom. The molecule has 0 aliphatic heterocycles. The van der Waals surface area contributed by atoms with Gasteiger partial charge in [0.1, 0.15) is 5.75 Å². The van der Waals surface area contributed by atoms with Crippen LogP contribution in [0.3, 0.4) is 0 Å². The smallest absolute Gasteiger partial charge is 0.197 e. The van der Waals surface area contributed by atoms with Crippen molar-refractivity contribution in [2.24, 2.45) is 0 Å². The fourth-order valence-corrected chi connectivity index (χ4v) is 2.47. The molecule has 114 valence electrons. The molecular weight excluding hydrogens is 308 g/mol. The number of carbonyl (C=O) groups excluding carboxylic acids is 1. The van der Waals surface area contributed by atoms with E-state index in [1.807, 2.05) is 42.5 Å². The van der Waals surface area contributed by atoms with E-state index < -0.39 is 0 Å². The number of hydrogen-bond acceptors (Lipinski definition) is 4. The zero-order valence-electron chi connectivity index (χ0n) is 12.4. The quantitative estimate of drug-likeness (QED) is 0.582. The third-order valence-electron chi connectivity index (χ3n) is 3.45. The van der Waals surface area contributed by atoms with E-state index >= 15 is 0 Å². The highest BCUT2D eigenvalue weighted by Gasteiger charge is 2.16. The zero-order valence-corrected chi connectivity index (χ0v) is 13.3. The van der Waals surface area contributed by atoms with Crippen LogP contribution in [0.25, 0.3) is 11.3 Å². The Kier molecular flexibility index (Phi) is 4.30. The van der Waals surface area contributed by atoms with Gasteiger partial charge in [-0.25, -0.2) is 4.98 Å². The minimum atomic E-state index is -0.109. The van der Waals surface area contributed by atoms with Gasteiger partial charge >= 0.3 is 0 Å². The van der Waals surface area contributed by atoms with Gasteiger partial charge in [0.2, 0.25) is 0 Å². The Hall–Kier alpha value is -2.79. The molecule has 0 saturated carbocycles. The van der Waals surface area contributed by atoms with Crippen LogP contribution in [0.2, 0.25) is 0 Å². The molecule has 1 N–H and O–H groups in total. The summed E-state index contributed by atoms with van der Waals surface area (Å²) >= 11 is 5.11. The number of rotatable bonds is 4. The molecule has 0 aliphatic rings. The first-order valence-electron chi connectivity index (χ1n) is 7.02. The van der Waals surface area contributed by atoms with Crippen molar-refractivity contribution in [3.8, 4) is 17.0 Å². The zero-order chi connectivity index (χ0) is 16.2. The number of aromatic nitrogens is 2. The SMILES string of the molecule is COc1cccc(-c2[nH]c(=S)ncc2C(=O)c2ccccc2)c1. The minimum absolute atomic E-state index is 0.109. The van der Waals surface area contributed by atoms with E-state index in [1.54, 1.807) is 19.2 Å². The van der Waals surface area contributed by atoms with Crippen molar-refractivity contribution >= 4 is 18.0 Å². The van der Waals surface area contributed by atoms with E-state index in [4.69, 9.17) is 17.0 Å². The molecule has 0 radical (unpaired) electrons. The van der Waals surface area contributed by atoms with Crippen LogP contribution < -0.4 is 4.74 Å². The Bertz CT molecular complexity index is 904. The summed E-state index contributed by atoms with van der Waals surface area (Å²) in [5.41, 5.74) is 2.52. The molecule has 0 fully saturated rings. The lowest BCUT2D eigenvalue weighted by molar-refractivity contribution is 0.103. The van der Waals surface area contributed by atoms with Gasteiger partial charge < -0.3 is 9.72 Å². The van der Waals surface area contributed by atoms with Crippen LogP contribution in [-0.2, 0) is 0 Å². The van der Waals surface area contributed by atoms with Crippen LogP contribution in [0, 0.1) is 4.77 Å². The predicted molar refractivity (Wildman–Crippen MR) is 91.3 cm³/mol. The molecule has 0 saturated heterocycles. The minimum Gasteiger partial charge on any atom is -0.497 e. The standard InChI is InChI=1S/C18H14N2O2S/c1-22-14-9-5-8-13(10-14)16-15(11-19-18(23)20-16)17(21)12-6-3-2-4-7-12/h2-11H,1H3,(H,19,20,23). The highest BCUT2D eigenvalue weighted by molar-refractivity contribution is 7.71. The number of ketones is 1. The van der Waals surface area contributed by atoms with E-state index in [-0.39, 0.29) is 5.78 Å². The van der Waals surface area contributed by atoms with E-state index in [2.05, 4.69) is 9.97 Å². The first-order chi connectivity index (χ1) is 11.2. The lowest BCUT2D eigenvalue weighted by Gasteiger charge is -2.10. The maximum Gasteiger partial charge on any atom is 0.197 e. The second-order valence-electron chi connectivity index (χ2n) is 4.90. The molecule has 0 unspecified atom stereocenters. The van der Waals surface area contributed by atoms with E-state index in [1.165, 1.54) is 6.20 Å². The van der Waals surface area contributed by atoms with Crippen molar-refractivity contribution in [2.45, 2.75) is 0 Å². The van der Waals surface area contributed by atoms with Crippen LogP contribution in [-0.4, -0.2) is 22.9 Å². The number of aromatic amines is 1. The summed E-state index contributed by atoms with van der Waals surface area (Å²) in [5.74, 6) is 0.596. The lowest BCUT2D eigenvalue weighted by Crippen LogP contribution is -2.06. The monoisotopic (exact) mass is 322 g/mol. The third-order valence-corrected chi connectivity index (χ3v) is 3.66. The molecule has 5 heteroatoms. The van der Waals surface area contributed by atoms with Gasteiger partial charge in [-0.2, -0.15) is 0 Å². The molecule has 23 heavy (non-hydrogen) atoms. The van der Waals surface area contributed by atoms with E-state index in [0.29, 0.717) is 27.3 Å². The number of nitrogens with one attached hydrogen (secondary N) is 1. The van der Waals surface area contributed by atoms with Gasteiger partial charge in [-0.15, -0.1) is 0 Å². The average Bonchev–Trinajstić information content (AvgIpc) is 2.62. The summed E-state index contributed by atoms with van der Waals surface area (Å²) in [7, 11) is 1.60. The lowest BCUT2D eigenvalue weighted by atomic mass is 9.99. The molecule has 3 aromatic rings. The van der Waals surface area contributed by atoms with E-state index in [9.17, 15) is 4.79 Å². The number of methoxy groups -OCH3 is 1. The number of nitrogens with zero attached hydrogens (tertiary/aromatic N) is 1. The normalized spacial score (nSPS) is 10.3. The summed E-state index contributed by atoms with van der Waals surface area (Å²) in [4.78, 5) is 19.9. The van der Waals surface area contributed by atoms with Crippen molar-refractivity contribution in [1.82, 2.24) is 9.97 Å². The number of carbonyl (C=O) groups is 1. The molecular formula is C18H14N2O2S. The molecule has 0 bridgehead atoms. The van der Waals surface area contributed by atoms with Crippen LogP contribution in [0.4, 0.5) is 0 Å². The molecule has 4 nitrogen and oxygen atoms in total. The molecule has 0 spiro atoms. The molecule has 0 atom stereocenters. The molecule has 2 aromatic carbocycles. The van der Waals surface area contributed by atoms with Gasteiger partial charge in [0.15, 0.2) is 10.6 Å². The fraction of sp³-hybridized carbons (Fsp3) is 0.0556. The van der Waals surface area contributed by atoms with Gasteiger partial charge in [0, 0.05) is 17.3 Å². The summed E-state index contributed by atoms with van der Waals surface area (Å²) in [6, 6.07) is 16.5. The average molecular weight is 322 g/mol. The Labute approximate surface area is 138 Å². The summed E-state index contributed by atoms with van der Waals surface area (Å²) in [6.07, 6.45) is 1.52. The van der Waals surface area contributed by atoms with Crippen molar-refractivity contribution in [3.05, 3.63) is 76.7 Å². The van der Waals surface area contributed by atoms with Crippen molar-refractivity contribution in [3.63, 3.8) is 0 Å². The molecule has 0 amide bonds. The molecule has 1 aromatic heterocycles. The molecule has 1 heterocycles. The van der Waals surface area contributed by atoms with Gasteiger partial charge in [-0.1, -0.05) is 42.5 Å². The van der Waals surface area contributed by atoms with Gasteiger partial charge in [-0.05, 0) is 24.4 Å². The highest BCUT2D eigenvalue weighted by atomic mass is 32.1. The highest BCUT2D eigenvalue weighted by Crippen LogP contribution is 2.26. The molecule has 0 aliphatic carbocycles. The Balaban J connectivity index is 2.15. The fourth-order valence-electron chi connectivity index (χ4n) is 2.32. The summed E-state index contributed by atoms with van der Waals surface area (Å²) < 4.78 is 5.58. The largest absolute Gasteiger partial charge is 0.497 e. The third kappa shape index (κ3) is 3.19. The second kappa shape index (κ2) is 6.54. The number of ether oxygens (including phenoxy) is 1. The van der Waals surface area contributed by atoms with Crippen LogP contribution in [0.1, 0.15) is 15.9 Å².